The molecule has 0 atom stereocenters. The van der Waals surface area contributed by atoms with Gasteiger partial charge in [0.05, 0.1) is 5.69 Å². The van der Waals surface area contributed by atoms with Crippen LogP contribution in [0.1, 0.15) is 33.5 Å². The first kappa shape index (κ1) is 14.9. The molecular weight excluding hydrogens is 267 g/mol. The number of nitriles is 1. The fraction of sp³-hybridized carbons (Fsp3) is 0.312. The minimum absolute atomic E-state index is 0.178. The molecule has 0 saturated carbocycles. The predicted octanol–water partition coefficient (Wildman–Crippen LogP) is 3.33. The predicted molar refractivity (Wildman–Crippen MR) is 79.4 cm³/mol. The Labute approximate surface area is 123 Å². The standard InChI is InChI=1S/C16H17FN4/c1-9-5-13(6-10(2)15(9)17)8-19-16-14(7-18)11(3)12(4)20-21-16/h5-6H,8H2,1-4H3,(H,19,21). The van der Waals surface area contributed by atoms with E-state index in [0.717, 1.165) is 16.8 Å². The quantitative estimate of drug-likeness (QED) is 0.939. The van der Waals surface area contributed by atoms with Crippen LogP contribution in [0.5, 0.6) is 0 Å². The molecule has 1 aromatic heterocycles. The lowest BCUT2D eigenvalue weighted by atomic mass is 10.1. The normalized spacial score (nSPS) is 10.3. The number of nitrogens with zero attached hydrogens (tertiary/aromatic N) is 3. The van der Waals surface area contributed by atoms with Crippen LogP contribution in [0, 0.1) is 44.8 Å². The maximum absolute atomic E-state index is 13.6. The summed E-state index contributed by atoms with van der Waals surface area (Å²) in [5.41, 5.74) is 4.22. The summed E-state index contributed by atoms with van der Waals surface area (Å²) in [5.74, 6) is 0.280. The van der Waals surface area contributed by atoms with Gasteiger partial charge in [-0.05, 0) is 49.9 Å². The van der Waals surface area contributed by atoms with Crippen LogP contribution in [0.2, 0.25) is 0 Å². The van der Waals surface area contributed by atoms with Gasteiger partial charge in [0.25, 0.3) is 0 Å². The molecule has 0 saturated heterocycles. The first-order valence-corrected chi connectivity index (χ1v) is 6.67. The molecule has 0 spiro atoms. The Morgan fingerprint density at radius 2 is 1.76 bits per heavy atom. The number of anilines is 1. The Bertz CT molecular complexity index is 709. The number of halogens is 1. The monoisotopic (exact) mass is 284 g/mol. The summed E-state index contributed by atoms with van der Waals surface area (Å²) >= 11 is 0. The average molecular weight is 284 g/mol. The molecule has 0 aliphatic carbocycles. The van der Waals surface area contributed by atoms with Gasteiger partial charge in [0.15, 0.2) is 5.82 Å². The highest BCUT2D eigenvalue weighted by Crippen LogP contribution is 2.19. The van der Waals surface area contributed by atoms with Gasteiger partial charge in [0, 0.05) is 6.54 Å². The van der Waals surface area contributed by atoms with Crippen LogP contribution in [0.4, 0.5) is 10.2 Å². The van der Waals surface area contributed by atoms with Crippen molar-refractivity contribution in [2.75, 3.05) is 5.32 Å². The van der Waals surface area contributed by atoms with E-state index in [9.17, 15) is 9.65 Å². The molecule has 1 N–H and O–H groups in total. The summed E-state index contributed by atoms with van der Waals surface area (Å²) in [6.07, 6.45) is 0. The van der Waals surface area contributed by atoms with Gasteiger partial charge in [-0.15, -0.1) is 5.10 Å². The summed E-state index contributed by atoms with van der Waals surface area (Å²) in [4.78, 5) is 0. The van der Waals surface area contributed by atoms with Crippen LogP contribution in [-0.4, -0.2) is 10.2 Å². The zero-order valence-corrected chi connectivity index (χ0v) is 12.6. The maximum Gasteiger partial charge on any atom is 0.167 e. The van der Waals surface area contributed by atoms with Crippen LogP contribution in [0.3, 0.4) is 0 Å². The van der Waals surface area contributed by atoms with Crippen molar-refractivity contribution < 1.29 is 4.39 Å². The van der Waals surface area contributed by atoms with Gasteiger partial charge in [0.1, 0.15) is 17.4 Å². The zero-order valence-electron chi connectivity index (χ0n) is 12.6. The molecule has 0 aliphatic rings. The van der Waals surface area contributed by atoms with E-state index >= 15 is 0 Å². The molecule has 2 rings (SSSR count). The molecule has 2 aromatic rings. The third-order valence-electron chi connectivity index (χ3n) is 3.52. The maximum atomic E-state index is 13.6. The lowest BCUT2D eigenvalue weighted by Gasteiger charge is -2.11. The van der Waals surface area contributed by atoms with E-state index in [1.165, 1.54) is 0 Å². The van der Waals surface area contributed by atoms with E-state index in [1.54, 1.807) is 26.0 Å². The van der Waals surface area contributed by atoms with Gasteiger partial charge in [0.2, 0.25) is 0 Å². The number of hydrogen-bond donors (Lipinski definition) is 1. The van der Waals surface area contributed by atoms with E-state index in [0.29, 0.717) is 29.1 Å². The second kappa shape index (κ2) is 5.88. The van der Waals surface area contributed by atoms with Crippen LogP contribution in [0.25, 0.3) is 0 Å². The van der Waals surface area contributed by atoms with E-state index < -0.39 is 0 Å². The lowest BCUT2D eigenvalue weighted by Crippen LogP contribution is -2.08. The minimum atomic E-state index is -0.178. The third kappa shape index (κ3) is 3.00. The molecule has 1 aromatic carbocycles. The first-order valence-electron chi connectivity index (χ1n) is 6.67. The van der Waals surface area contributed by atoms with E-state index in [1.807, 2.05) is 13.8 Å². The number of aromatic nitrogens is 2. The Balaban J connectivity index is 2.25. The second-order valence-electron chi connectivity index (χ2n) is 5.14. The van der Waals surface area contributed by atoms with Gasteiger partial charge < -0.3 is 5.32 Å². The summed E-state index contributed by atoms with van der Waals surface area (Å²) in [6.45, 7) is 7.61. The van der Waals surface area contributed by atoms with Crippen molar-refractivity contribution in [1.29, 1.82) is 5.26 Å². The minimum Gasteiger partial charge on any atom is -0.363 e. The van der Waals surface area contributed by atoms with Crippen molar-refractivity contribution in [3.05, 3.63) is 51.5 Å². The molecule has 0 unspecified atom stereocenters. The molecule has 108 valence electrons. The fourth-order valence-corrected chi connectivity index (χ4v) is 2.19. The Kier molecular flexibility index (Phi) is 4.18. The molecule has 0 radical (unpaired) electrons. The molecule has 5 heteroatoms. The third-order valence-corrected chi connectivity index (χ3v) is 3.52. The van der Waals surface area contributed by atoms with Crippen molar-refractivity contribution in [1.82, 2.24) is 10.2 Å². The van der Waals surface area contributed by atoms with Crippen LogP contribution < -0.4 is 5.32 Å². The van der Waals surface area contributed by atoms with Gasteiger partial charge in [-0.1, -0.05) is 12.1 Å². The number of nitrogens with one attached hydrogen (secondary N) is 1. The van der Waals surface area contributed by atoms with Crippen molar-refractivity contribution in [3.63, 3.8) is 0 Å². The topological polar surface area (TPSA) is 61.6 Å². The molecule has 0 bridgehead atoms. The molecule has 4 nitrogen and oxygen atoms in total. The lowest BCUT2D eigenvalue weighted by molar-refractivity contribution is 0.608. The van der Waals surface area contributed by atoms with Gasteiger partial charge in [-0.2, -0.15) is 10.4 Å². The van der Waals surface area contributed by atoms with Crippen molar-refractivity contribution >= 4 is 5.82 Å². The molecule has 0 amide bonds. The molecule has 21 heavy (non-hydrogen) atoms. The van der Waals surface area contributed by atoms with Crippen LogP contribution in [-0.2, 0) is 6.54 Å². The zero-order chi connectivity index (χ0) is 15.6. The summed E-state index contributed by atoms with van der Waals surface area (Å²) in [5, 5.41) is 20.4. The van der Waals surface area contributed by atoms with E-state index in [2.05, 4.69) is 21.6 Å². The van der Waals surface area contributed by atoms with Gasteiger partial charge >= 0.3 is 0 Å². The van der Waals surface area contributed by atoms with Gasteiger partial charge in [-0.3, -0.25) is 0 Å². The number of hydrogen-bond acceptors (Lipinski definition) is 4. The van der Waals surface area contributed by atoms with Crippen LogP contribution >= 0.6 is 0 Å². The van der Waals surface area contributed by atoms with Crippen molar-refractivity contribution in [2.45, 2.75) is 34.2 Å². The van der Waals surface area contributed by atoms with E-state index in [-0.39, 0.29) is 5.82 Å². The highest BCUT2D eigenvalue weighted by Gasteiger charge is 2.11. The number of benzene rings is 1. The summed E-state index contributed by atoms with van der Waals surface area (Å²) in [7, 11) is 0. The van der Waals surface area contributed by atoms with Crippen molar-refractivity contribution in [3.8, 4) is 6.07 Å². The SMILES string of the molecule is Cc1cc(CNc2nnc(C)c(C)c2C#N)cc(C)c1F. The summed E-state index contributed by atoms with van der Waals surface area (Å²) in [6, 6.07) is 5.72. The molecule has 1 heterocycles. The molecule has 0 aliphatic heterocycles. The van der Waals surface area contributed by atoms with Gasteiger partial charge in [-0.25, -0.2) is 4.39 Å². The number of aryl methyl sites for hydroxylation is 3. The second-order valence-corrected chi connectivity index (χ2v) is 5.14. The Morgan fingerprint density at radius 3 is 2.33 bits per heavy atom. The smallest absolute Gasteiger partial charge is 0.167 e. The highest BCUT2D eigenvalue weighted by atomic mass is 19.1. The fourth-order valence-electron chi connectivity index (χ4n) is 2.19. The Hall–Kier alpha value is -2.48. The number of rotatable bonds is 3. The molecule has 0 fully saturated rings. The first-order chi connectivity index (χ1) is 9.93. The van der Waals surface area contributed by atoms with Crippen LogP contribution in [0.15, 0.2) is 12.1 Å². The largest absolute Gasteiger partial charge is 0.363 e. The highest BCUT2D eigenvalue weighted by molar-refractivity contribution is 5.56. The van der Waals surface area contributed by atoms with Crippen molar-refractivity contribution in [2.24, 2.45) is 0 Å². The average Bonchev–Trinajstić information content (AvgIpc) is 2.45. The Morgan fingerprint density at radius 1 is 1.14 bits per heavy atom. The summed E-state index contributed by atoms with van der Waals surface area (Å²) < 4.78 is 13.6. The van der Waals surface area contributed by atoms with E-state index in [4.69, 9.17) is 0 Å². The molecular formula is C16H17FN4.